The highest BCUT2D eigenvalue weighted by atomic mass is 32.1. The predicted molar refractivity (Wildman–Crippen MR) is 118 cm³/mol. The number of aromatic nitrogens is 5. The number of piperidine rings is 1. The normalized spacial score (nSPS) is 18.7. The molecule has 0 bridgehead atoms. The van der Waals surface area contributed by atoms with Gasteiger partial charge >= 0.3 is 0 Å². The standard InChI is InChI=1S/C21H29N7S/c1-20(2)10-7-11-21(3,4)28(20)27(6)19-25-24-18(29-19)17-9-8-15(12-22-17)16-13-23-26(5)14-16/h8-9,12-14H,7,10-11H2,1-6H3. The van der Waals surface area contributed by atoms with Crippen LogP contribution in [0.5, 0.6) is 0 Å². The van der Waals surface area contributed by atoms with Gasteiger partial charge in [0.15, 0.2) is 5.01 Å². The van der Waals surface area contributed by atoms with Crippen molar-refractivity contribution < 1.29 is 0 Å². The Morgan fingerprint density at radius 2 is 1.72 bits per heavy atom. The lowest BCUT2D eigenvalue weighted by atomic mass is 9.81. The van der Waals surface area contributed by atoms with Crippen molar-refractivity contribution in [1.82, 2.24) is 30.0 Å². The molecule has 0 spiro atoms. The minimum Gasteiger partial charge on any atom is -0.282 e. The van der Waals surface area contributed by atoms with Crippen LogP contribution >= 0.6 is 11.3 Å². The maximum absolute atomic E-state index is 4.62. The molecule has 3 aromatic heterocycles. The molecule has 4 heterocycles. The molecule has 0 amide bonds. The molecule has 4 rings (SSSR count). The van der Waals surface area contributed by atoms with Gasteiger partial charge in [-0.1, -0.05) is 17.4 Å². The molecular formula is C21H29N7S. The van der Waals surface area contributed by atoms with Gasteiger partial charge in [-0.15, -0.1) is 10.2 Å². The van der Waals surface area contributed by atoms with Gasteiger partial charge in [-0.25, -0.2) is 5.01 Å². The molecular weight excluding hydrogens is 382 g/mol. The van der Waals surface area contributed by atoms with Crippen molar-refractivity contribution in [2.24, 2.45) is 7.05 Å². The second-order valence-corrected chi connectivity index (χ2v) is 9.99. The highest BCUT2D eigenvalue weighted by Gasteiger charge is 2.44. The van der Waals surface area contributed by atoms with Crippen molar-refractivity contribution in [2.45, 2.75) is 58.0 Å². The average Bonchev–Trinajstić information content (AvgIpc) is 3.29. The fourth-order valence-electron chi connectivity index (χ4n) is 4.59. The molecule has 0 saturated carbocycles. The number of rotatable bonds is 4. The summed E-state index contributed by atoms with van der Waals surface area (Å²) in [4.78, 5) is 4.62. The van der Waals surface area contributed by atoms with Gasteiger partial charge < -0.3 is 0 Å². The first-order valence-corrected chi connectivity index (χ1v) is 10.8. The molecule has 1 fully saturated rings. The van der Waals surface area contributed by atoms with Gasteiger partial charge in [0.2, 0.25) is 5.13 Å². The van der Waals surface area contributed by atoms with E-state index in [9.17, 15) is 0 Å². The molecule has 7 nitrogen and oxygen atoms in total. The second-order valence-electron chi connectivity index (χ2n) is 9.04. The van der Waals surface area contributed by atoms with E-state index in [0.717, 1.165) is 27.0 Å². The lowest BCUT2D eigenvalue weighted by Gasteiger charge is -2.55. The van der Waals surface area contributed by atoms with Crippen molar-refractivity contribution in [3.63, 3.8) is 0 Å². The molecule has 1 aliphatic heterocycles. The largest absolute Gasteiger partial charge is 0.282 e. The van der Waals surface area contributed by atoms with Crippen LogP contribution in [0.25, 0.3) is 21.8 Å². The summed E-state index contributed by atoms with van der Waals surface area (Å²) < 4.78 is 1.79. The van der Waals surface area contributed by atoms with Crippen LogP contribution in [0.3, 0.4) is 0 Å². The molecule has 8 heteroatoms. The number of hydrazine groups is 1. The Balaban J connectivity index is 1.58. The molecule has 0 radical (unpaired) electrons. The van der Waals surface area contributed by atoms with E-state index in [2.05, 4.69) is 71.1 Å². The smallest absolute Gasteiger partial charge is 0.222 e. The Kier molecular flexibility index (Phi) is 4.94. The Labute approximate surface area is 176 Å². The van der Waals surface area contributed by atoms with Gasteiger partial charge in [-0.2, -0.15) is 5.10 Å². The topological polar surface area (TPSA) is 63.0 Å². The monoisotopic (exact) mass is 411 g/mol. The zero-order valence-electron chi connectivity index (χ0n) is 18.0. The van der Waals surface area contributed by atoms with Crippen LogP contribution in [0.1, 0.15) is 47.0 Å². The van der Waals surface area contributed by atoms with E-state index in [1.54, 1.807) is 16.0 Å². The first-order chi connectivity index (χ1) is 13.7. The summed E-state index contributed by atoms with van der Waals surface area (Å²) >= 11 is 1.58. The lowest BCUT2D eigenvalue weighted by Crippen LogP contribution is -2.64. The highest BCUT2D eigenvalue weighted by Crippen LogP contribution is 2.41. The minimum absolute atomic E-state index is 0.0753. The quantitative estimate of drug-likeness (QED) is 0.634. The number of anilines is 1. The van der Waals surface area contributed by atoms with Gasteiger partial charge in [0.1, 0.15) is 5.69 Å². The van der Waals surface area contributed by atoms with Crippen LogP contribution in [-0.2, 0) is 7.05 Å². The minimum atomic E-state index is 0.0753. The molecule has 0 atom stereocenters. The van der Waals surface area contributed by atoms with Crippen molar-refractivity contribution in [3.05, 3.63) is 30.7 Å². The zero-order valence-corrected chi connectivity index (χ0v) is 18.9. The number of nitrogens with zero attached hydrogens (tertiary/aromatic N) is 7. The number of hydrogen-bond acceptors (Lipinski definition) is 7. The van der Waals surface area contributed by atoms with E-state index in [1.165, 1.54) is 19.3 Å². The summed E-state index contributed by atoms with van der Waals surface area (Å²) in [5.74, 6) is 0. The number of hydrogen-bond donors (Lipinski definition) is 0. The molecule has 0 aliphatic carbocycles. The summed E-state index contributed by atoms with van der Waals surface area (Å²) in [6, 6.07) is 4.06. The third-order valence-corrected chi connectivity index (χ3v) is 6.75. The Hall–Kier alpha value is -2.32. The fraction of sp³-hybridized carbons (Fsp3) is 0.524. The summed E-state index contributed by atoms with van der Waals surface area (Å²) in [5.41, 5.74) is 3.09. The van der Waals surface area contributed by atoms with E-state index in [-0.39, 0.29) is 11.1 Å². The van der Waals surface area contributed by atoms with E-state index in [1.807, 2.05) is 31.7 Å². The lowest BCUT2D eigenvalue weighted by molar-refractivity contribution is -0.0326. The maximum atomic E-state index is 4.62. The molecule has 1 saturated heterocycles. The van der Waals surface area contributed by atoms with Crippen LogP contribution in [0.4, 0.5) is 5.13 Å². The van der Waals surface area contributed by atoms with Gasteiger partial charge in [0.25, 0.3) is 0 Å². The van der Waals surface area contributed by atoms with Crippen LogP contribution < -0.4 is 5.01 Å². The molecule has 0 aromatic carbocycles. The molecule has 154 valence electrons. The van der Waals surface area contributed by atoms with E-state index in [4.69, 9.17) is 0 Å². The molecule has 29 heavy (non-hydrogen) atoms. The average molecular weight is 412 g/mol. The third kappa shape index (κ3) is 3.79. The molecule has 0 unspecified atom stereocenters. The van der Waals surface area contributed by atoms with Crippen LogP contribution in [0.2, 0.25) is 0 Å². The Morgan fingerprint density at radius 1 is 1.00 bits per heavy atom. The highest BCUT2D eigenvalue weighted by molar-refractivity contribution is 7.18. The van der Waals surface area contributed by atoms with Crippen LogP contribution in [0.15, 0.2) is 30.7 Å². The molecule has 0 N–H and O–H groups in total. The van der Waals surface area contributed by atoms with Crippen molar-refractivity contribution in [2.75, 3.05) is 12.1 Å². The summed E-state index contributed by atoms with van der Waals surface area (Å²) in [5, 5.41) is 19.5. The first kappa shape index (κ1) is 20.0. The maximum Gasteiger partial charge on any atom is 0.222 e. The van der Waals surface area contributed by atoms with Crippen LogP contribution in [0, 0.1) is 0 Å². The summed E-state index contributed by atoms with van der Waals surface area (Å²) in [6.45, 7) is 9.24. The number of aryl methyl sites for hydroxylation is 1. The van der Waals surface area contributed by atoms with E-state index >= 15 is 0 Å². The van der Waals surface area contributed by atoms with E-state index in [0.29, 0.717) is 0 Å². The van der Waals surface area contributed by atoms with Crippen molar-refractivity contribution in [3.8, 4) is 21.8 Å². The SMILES string of the molecule is CN(c1nnc(-c2ccc(-c3cnn(C)c3)cn2)s1)N1C(C)(C)CCCC1(C)C. The molecule has 3 aromatic rings. The molecule has 1 aliphatic rings. The predicted octanol–water partition coefficient (Wildman–Crippen LogP) is 4.39. The summed E-state index contributed by atoms with van der Waals surface area (Å²) in [7, 11) is 4.01. The van der Waals surface area contributed by atoms with Crippen molar-refractivity contribution >= 4 is 16.5 Å². The van der Waals surface area contributed by atoms with Crippen LogP contribution in [-0.4, -0.2) is 48.1 Å². The van der Waals surface area contributed by atoms with Gasteiger partial charge in [-0.05, 0) is 53.0 Å². The number of pyridine rings is 1. The second kappa shape index (κ2) is 7.18. The van der Waals surface area contributed by atoms with Gasteiger partial charge in [-0.3, -0.25) is 14.7 Å². The van der Waals surface area contributed by atoms with Gasteiger partial charge in [0, 0.05) is 48.7 Å². The van der Waals surface area contributed by atoms with Gasteiger partial charge in [0.05, 0.1) is 6.20 Å². The third-order valence-electron chi connectivity index (χ3n) is 5.74. The first-order valence-electron chi connectivity index (χ1n) is 10.0. The van der Waals surface area contributed by atoms with E-state index < -0.39 is 0 Å². The summed E-state index contributed by atoms with van der Waals surface area (Å²) in [6.07, 6.45) is 9.29. The fourth-order valence-corrected chi connectivity index (χ4v) is 5.37. The Morgan fingerprint density at radius 3 is 2.31 bits per heavy atom. The van der Waals surface area contributed by atoms with Crippen molar-refractivity contribution in [1.29, 1.82) is 0 Å². The zero-order chi connectivity index (χ0) is 20.8. The Bertz CT molecular complexity index is 971.